The van der Waals surface area contributed by atoms with Crippen molar-refractivity contribution in [3.05, 3.63) is 12.7 Å². The number of fused-ring (bicyclic) bond motifs is 2. The van der Waals surface area contributed by atoms with E-state index in [1.54, 1.807) is 0 Å². The number of ether oxygens (including phenoxy) is 3. The third kappa shape index (κ3) is 3.12. The number of carbonyl (C=O) groups excluding carboxylic acids is 2. The fourth-order valence-corrected chi connectivity index (χ4v) is 2.53. The van der Waals surface area contributed by atoms with Crippen LogP contribution in [0, 0.1) is 23.2 Å². The molecular weight excluding hydrogens is 250 g/mol. The van der Waals surface area contributed by atoms with Gasteiger partial charge in [-0.2, -0.15) is 5.26 Å². The Labute approximate surface area is 110 Å². The predicted octanol–water partition coefficient (Wildman–Crippen LogP) is 0.576. The summed E-state index contributed by atoms with van der Waals surface area (Å²) in [5.74, 6) is -1.34. The molecule has 0 aromatic heterocycles. The number of carbonyl (C=O) groups is 2. The van der Waals surface area contributed by atoms with Crippen molar-refractivity contribution in [1.29, 1.82) is 5.26 Å². The highest BCUT2D eigenvalue weighted by molar-refractivity contribution is 5.83. The van der Waals surface area contributed by atoms with Crippen LogP contribution >= 0.6 is 0 Å². The van der Waals surface area contributed by atoms with Crippen LogP contribution in [0.4, 0.5) is 0 Å². The first-order valence-electron chi connectivity index (χ1n) is 6.14. The smallest absolute Gasteiger partial charge is 0.344 e. The molecule has 2 bridgehead atoms. The lowest BCUT2D eigenvalue weighted by molar-refractivity contribution is -0.167. The van der Waals surface area contributed by atoms with E-state index in [2.05, 4.69) is 17.4 Å². The molecule has 1 saturated carbocycles. The Morgan fingerprint density at radius 2 is 2.26 bits per heavy atom. The highest BCUT2D eigenvalue weighted by atomic mass is 16.6. The molecule has 0 spiro atoms. The van der Waals surface area contributed by atoms with Gasteiger partial charge in [0.25, 0.3) is 0 Å². The van der Waals surface area contributed by atoms with Gasteiger partial charge in [-0.3, -0.25) is 0 Å². The zero-order valence-electron chi connectivity index (χ0n) is 10.4. The van der Waals surface area contributed by atoms with Crippen LogP contribution in [0.1, 0.15) is 12.8 Å². The Balaban J connectivity index is 1.89. The van der Waals surface area contributed by atoms with Gasteiger partial charge in [0.1, 0.15) is 6.10 Å². The first-order valence-corrected chi connectivity index (χ1v) is 6.14. The zero-order valence-corrected chi connectivity index (χ0v) is 10.4. The van der Waals surface area contributed by atoms with Gasteiger partial charge in [-0.15, -0.1) is 0 Å². The van der Waals surface area contributed by atoms with Gasteiger partial charge in [-0.1, -0.05) is 6.58 Å². The van der Waals surface area contributed by atoms with E-state index in [4.69, 9.17) is 14.7 Å². The first-order chi connectivity index (χ1) is 9.13. The fraction of sp³-hybridized carbons (Fsp3) is 0.615. The van der Waals surface area contributed by atoms with E-state index in [9.17, 15) is 9.59 Å². The molecule has 0 amide bonds. The van der Waals surface area contributed by atoms with E-state index in [1.807, 2.05) is 0 Å². The van der Waals surface area contributed by atoms with Crippen LogP contribution in [-0.2, 0) is 23.8 Å². The van der Waals surface area contributed by atoms with Crippen molar-refractivity contribution in [2.45, 2.75) is 25.0 Å². The summed E-state index contributed by atoms with van der Waals surface area (Å²) in [6, 6.07) is 2.16. The Kier molecular flexibility index (Phi) is 4.17. The molecule has 0 radical (unpaired) electrons. The summed E-state index contributed by atoms with van der Waals surface area (Å²) < 4.78 is 15.3. The first kappa shape index (κ1) is 13.6. The molecule has 6 heteroatoms. The molecule has 1 aliphatic carbocycles. The zero-order chi connectivity index (χ0) is 13.8. The lowest BCUT2D eigenvalue weighted by Crippen LogP contribution is -2.41. The molecule has 0 N–H and O–H groups in total. The van der Waals surface area contributed by atoms with Gasteiger partial charge in [-0.05, 0) is 18.8 Å². The molecular formula is C13H15NO5. The number of nitrogens with zero attached hydrogens (tertiary/aromatic N) is 1. The second-order valence-corrected chi connectivity index (χ2v) is 4.71. The number of esters is 2. The number of rotatable bonds is 4. The highest BCUT2D eigenvalue weighted by Crippen LogP contribution is 2.38. The third-order valence-corrected chi connectivity index (χ3v) is 3.39. The molecule has 102 valence electrons. The fourth-order valence-electron chi connectivity index (χ4n) is 2.53. The molecule has 2 fully saturated rings. The van der Waals surface area contributed by atoms with Crippen molar-refractivity contribution in [3.8, 4) is 6.07 Å². The molecule has 0 aromatic carbocycles. The van der Waals surface area contributed by atoms with Gasteiger partial charge in [0, 0.05) is 6.08 Å². The van der Waals surface area contributed by atoms with Crippen LogP contribution in [0.25, 0.3) is 0 Å². The SMILES string of the molecule is C=CC(=O)OCC(=O)OC1C(C#N)CC2COC1C2. The van der Waals surface area contributed by atoms with E-state index in [0.29, 0.717) is 18.9 Å². The molecule has 2 rings (SSSR count). The second kappa shape index (κ2) is 5.85. The minimum Gasteiger partial charge on any atom is -0.456 e. The molecule has 0 aromatic rings. The highest BCUT2D eigenvalue weighted by Gasteiger charge is 2.45. The van der Waals surface area contributed by atoms with Crippen LogP contribution in [-0.4, -0.2) is 37.4 Å². The molecule has 6 nitrogen and oxygen atoms in total. The van der Waals surface area contributed by atoms with E-state index in [-0.39, 0.29) is 12.0 Å². The standard InChI is InChI=1S/C13H15NO5/c1-2-11(15)18-7-12(16)19-13-9(5-14)3-8-4-10(13)17-6-8/h2,8-10,13H,1,3-4,6-7H2. The largest absolute Gasteiger partial charge is 0.456 e. The van der Waals surface area contributed by atoms with E-state index in [0.717, 1.165) is 12.5 Å². The summed E-state index contributed by atoms with van der Waals surface area (Å²) in [7, 11) is 0. The third-order valence-electron chi connectivity index (χ3n) is 3.39. The maximum atomic E-state index is 11.6. The van der Waals surface area contributed by atoms with Crippen LogP contribution < -0.4 is 0 Å². The van der Waals surface area contributed by atoms with Gasteiger partial charge in [0.15, 0.2) is 6.61 Å². The van der Waals surface area contributed by atoms with Crippen molar-refractivity contribution < 1.29 is 23.8 Å². The summed E-state index contributed by atoms with van der Waals surface area (Å²) in [5.41, 5.74) is 0. The Bertz CT molecular complexity index is 427. The van der Waals surface area contributed by atoms with E-state index in [1.165, 1.54) is 0 Å². The Morgan fingerprint density at radius 1 is 1.47 bits per heavy atom. The summed E-state index contributed by atoms with van der Waals surface area (Å²) in [6.45, 7) is 3.36. The minimum atomic E-state index is -0.686. The van der Waals surface area contributed by atoms with Crippen LogP contribution in [0.5, 0.6) is 0 Å². The normalized spacial score (nSPS) is 32.2. The molecule has 19 heavy (non-hydrogen) atoms. The second-order valence-electron chi connectivity index (χ2n) is 4.71. The van der Waals surface area contributed by atoms with Crippen molar-refractivity contribution in [2.24, 2.45) is 11.8 Å². The quantitative estimate of drug-likeness (QED) is 0.546. The lowest BCUT2D eigenvalue weighted by atomic mass is 9.81. The average molecular weight is 265 g/mol. The average Bonchev–Trinajstić information content (AvgIpc) is 2.82. The summed E-state index contributed by atoms with van der Waals surface area (Å²) in [5, 5.41) is 9.10. The summed E-state index contributed by atoms with van der Waals surface area (Å²) in [6.07, 6.45) is 1.66. The van der Waals surface area contributed by atoms with Gasteiger partial charge in [0.2, 0.25) is 0 Å². The summed E-state index contributed by atoms with van der Waals surface area (Å²) in [4.78, 5) is 22.4. The molecule has 4 unspecified atom stereocenters. The van der Waals surface area contributed by atoms with Gasteiger partial charge < -0.3 is 14.2 Å². The number of hydrogen-bond acceptors (Lipinski definition) is 6. The van der Waals surface area contributed by atoms with Gasteiger partial charge in [0.05, 0.1) is 24.7 Å². The molecule has 2 aliphatic rings. The van der Waals surface area contributed by atoms with Crippen molar-refractivity contribution in [1.82, 2.24) is 0 Å². The predicted molar refractivity (Wildman–Crippen MR) is 62.6 cm³/mol. The van der Waals surface area contributed by atoms with Crippen molar-refractivity contribution >= 4 is 11.9 Å². The molecule has 1 heterocycles. The van der Waals surface area contributed by atoms with Gasteiger partial charge in [-0.25, -0.2) is 9.59 Å². The van der Waals surface area contributed by atoms with E-state index < -0.39 is 24.6 Å². The van der Waals surface area contributed by atoms with E-state index >= 15 is 0 Å². The Hall–Kier alpha value is -1.87. The van der Waals surface area contributed by atoms with Gasteiger partial charge >= 0.3 is 11.9 Å². The maximum Gasteiger partial charge on any atom is 0.344 e. The van der Waals surface area contributed by atoms with Crippen LogP contribution in [0.3, 0.4) is 0 Å². The molecule has 4 atom stereocenters. The topological polar surface area (TPSA) is 85.6 Å². The van der Waals surface area contributed by atoms with Crippen LogP contribution in [0.2, 0.25) is 0 Å². The summed E-state index contributed by atoms with van der Waals surface area (Å²) >= 11 is 0. The van der Waals surface area contributed by atoms with Crippen molar-refractivity contribution in [2.75, 3.05) is 13.2 Å². The van der Waals surface area contributed by atoms with Crippen molar-refractivity contribution in [3.63, 3.8) is 0 Å². The lowest BCUT2D eigenvalue weighted by Gasteiger charge is -2.30. The minimum absolute atomic E-state index is 0.220. The van der Waals surface area contributed by atoms with Crippen LogP contribution in [0.15, 0.2) is 12.7 Å². The monoisotopic (exact) mass is 265 g/mol. The number of nitriles is 1. The maximum absolute atomic E-state index is 11.6. The molecule has 1 aliphatic heterocycles. The number of hydrogen-bond donors (Lipinski definition) is 0. The Morgan fingerprint density at radius 3 is 2.95 bits per heavy atom. The molecule has 1 saturated heterocycles.